The van der Waals surface area contributed by atoms with E-state index in [2.05, 4.69) is 4.99 Å². The number of benzene rings is 3. The fourth-order valence-corrected chi connectivity index (χ4v) is 5.95. The maximum absolute atomic E-state index is 14.3. The normalized spacial score (nSPS) is 15.0. The number of carbonyl (C=O) groups excluding carboxylic acids is 1. The van der Waals surface area contributed by atoms with Crippen LogP contribution in [0.15, 0.2) is 87.8 Å². The van der Waals surface area contributed by atoms with E-state index in [4.69, 9.17) is 37.4 Å². The van der Waals surface area contributed by atoms with Crippen LogP contribution in [0.3, 0.4) is 0 Å². The first-order chi connectivity index (χ1) is 21.5. The molecule has 1 atom stereocenters. The van der Waals surface area contributed by atoms with Crippen molar-refractivity contribution in [2.45, 2.75) is 32.7 Å². The molecule has 234 valence electrons. The Hall–Kier alpha value is -4.06. The number of carbonyl (C=O) groups is 1. The molecule has 0 N–H and O–H groups in total. The van der Waals surface area contributed by atoms with E-state index >= 15 is 0 Å². The smallest absolute Gasteiger partial charge is 0.434 e. The Morgan fingerprint density at radius 3 is 2.24 bits per heavy atom. The van der Waals surface area contributed by atoms with Gasteiger partial charge in [-0.05, 0) is 73.0 Å². The highest BCUT2D eigenvalue weighted by molar-refractivity contribution is 7.07. The van der Waals surface area contributed by atoms with Gasteiger partial charge in [0.15, 0.2) is 22.0 Å². The molecule has 7 nitrogen and oxygen atoms in total. The van der Waals surface area contributed by atoms with Crippen LogP contribution in [-0.2, 0) is 16.1 Å². The summed E-state index contributed by atoms with van der Waals surface area (Å²) < 4.78 is 60.9. The molecule has 45 heavy (non-hydrogen) atoms. The Morgan fingerprint density at radius 2 is 1.62 bits per heavy atom. The quantitative estimate of drug-likeness (QED) is 0.186. The number of fused-ring (bicyclic) bond motifs is 1. The molecule has 0 fully saturated rings. The van der Waals surface area contributed by atoms with Gasteiger partial charge >= 0.3 is 12.1 Å². The third-order valence-electron chi connectivity index (χ3n) is 6.65. The number of hydrogen-bond acceptors (Lipinski definition) is 7. The number of hydrogen-bond donors (Lipinski definition) is 0. The lowest BCUT2D eigenvalue weighted by atomic mass is 9.95. The van der Waals surface area contributed by atoms with E-state index in [1.165, 1.54) is 37.3 Å². The van der Waals surface area contributed by atoms with E-state index in [1.54, 1.807) is 30.3 Å². The average Bonchev–Trinajstić information content (AvgIpc) is 3.31. The highest BCUT2D eigenvalue weighted by atomic mass is 35.5. The third-order valence-corrected chi connectivity index (χ3v) is 8.14. The van der Waals surface area contributed by atoms with Crippen molar-refractivity contribution in [3.8, 4) is 11.5 Å². The predicted octanol–water partition coefficient (Wildman–Crippen LogP) is 6.63. The summed E-state index contributed by atoms with van der Waals surface area (Å²) in [7, 11) is 0. The number of aromatic nitrogens is 1. The van der Waals surface area contributed by atoms with Crippen LogP contribution in [0.5, 0.6) is 11.5 Å². The van der Waals surface area contributed by atoms with Gasteiger partial charge < -0.3 is 14.2 Å². The summed E-state index contributed by atoms with van der Waals surface area (Å²) in [5.74, 6) is -0.351. The molecule has 3 aromatic carbocycles. The van der Waals surface area contributed by atoms with E-state index in [0.29, 0.717) is 33.7 Å². The minimum absolute atomic E-state index is 0.0941. The van der Waals surface area contributed by atoms with Gasteiger partial charge in [-0.3, -0.25) is 9.36 Å². The fourth-order valence-electron chi connectivity index (χ4n) is 4.70. The van der Waals surface area contributed by atoms with Gasteiger partial charge in [0, 0.05) is 10.0 Å². The van der Waals surface area contributed by atoms with Gasteiger partial charge in [0.1, 0.15) is 6.61 Å². The number of esters is 1. The van der Waals surface area contributed by atoms with E-state index in [1.807, 2.05) is 19.1 Å². The number of alkyl halides is 3. The first kappa shape index (κ1) is 32.3. The summed E-state index contributed by atoms with van der Waals surface area (Å²) in [4.78, 5) is 30.4. The zero-order valence-electron chi connectivity index (χ0n) is 23.9. The molecule has 0 radical (unpaired) electrons. The number of thiazole rings is 1. The van der Waals surface area contributed by atoms with Gasteiger partial charge in [-0.15, -0.1) is 0 Å². The molecule has 0 bridgehead atoms. The minimum Gasteiger partial charge on any atom is -0.490 e. The van der Waals surface area contributed by atoms with Crippen LogP contribution < -0.4 is 24.4 Å². The Morgan fingerprint density at radius 1 is 0.956 bits per heavy atom. The van der Waals surface area contributed by atoms with Crippen molar-refractivity contribution < 1.29 is 32.2 Å². The molecule has 1 aliphatic rings. The van der Waals surface area contributed by atoms with Crippen molar-refractivity contribution in [1.29, 1.82) is 0 Å². The number of nitrogens with zero attached hydrogens (tertiary/aromatic N) is 2. The topological polar surface area (TPSA) is 79.1 Å². The molecule has 4 aromatic rings. The van der Waals surface area contributed by atoms with Crippen LogP contribution in [0.25, 0.3) is 6.08 Å². The van der Waals surface area contributed by atoms with Crippen LogP contribution in [0.2, 0.25) is 10.0 Å². The van der Waals surface area contributed by atoms with E-state index in [0.717, 1.165) is 21.5 Å². The lowest BCUT2D eigenvalue weighted by molar-refractivity contribution is -0.140. The molecule has 1 aliphatic heterocycles. The van der Waals surface area contributed by atoms with Gasteiger partial charge in [-0.1, -0.05) is 64.9 Å². The monoisotopic (exact) mass is 676 g/mol. The zero-order chi connectivity index (χ0) is 32.3. The Labute approximate surface area is 269 Å². The summed E-state index contributed by atoms with van der Waals surface area (Å²) in [5.41, 5.74) is -1.19. The second-order valence-electron chi connectivity index (χ2n) is 9.67. The molecule has 0 spiro atoms. The molecular weight excluding hydrogens is 652 g/mol. The molecule has 13 heteroatoms. The van der Waals surface area contributed by atoms with Crippen molar-refractivity contribution in [1.82, 2.24) is 4.57 Å². The SMILES string of the molecule is CCOC(=O)C1=C(C(F)(F)F)N=c2s/c(=C\c3ccc(OCc4ccc(Cl)cc4)c(OCC)c3)c(=O)n2[C@@H]1c1ccc(Cl)cc1. The summed E-state index contributed by atoms with van der Waals surface area (Å²) in [6.07, 6.45) is -3.48. The second-order valence-corrected chi connectivity index (χ2v) is 11.6. The molecule has 0 unspecified atom stereocenters. The van der Waals surface area contributed by atoms with Gasteiger partial charge in [0.05, 0.1) is 29.4 Å². The molecule has 0 amide bonds. The van der Waals surface area contributed by atoms with E-state index in [-0.39, 0.29) is 28.1 Å². The average molecular weight is 678 g/mol. The summed E-state index contributed by atoms with van der Waals surface area (Å²) >= 11 is 12.8. The molecule has 0 aliphatic carbocycles. The summed E-state index contributed by atoms with van der Waals surface area (Å²) in [6.45, 7) is 3.70. The maximum atomic E-state index is 14.3. The van der Waals surface area contributed by atoms with Gasteiger partial charge in [0.25, 0.3) is 5.56 Å². The van der Waals surface area contributed by atoms with E-state index < -0.39 is 35.0 Å². The van der Waals surface area contributed by atoms with Gasteiger partial charge in [0.2, 0.25) is 0 Å². The van der Waals surface area contributed by atoms with Crippen LogP contribution in [0.1, 0.15) is 36.6 Å². The Balaban J connectivity index is 1.61. The molecule has 0 saturated heterocycles. The number of rotatable bonds is 9. The van der Waals surface area contributed by atoms with Gasteiger partial charge in [-0.25, -0.2) is 9.79 Å². The first-order valence-corrected chi connectivity index (χ1v) is 15.3. The molecule has 2 heterocycles. The summed E-state index contributed by atoms with van der Waals surface area (Å²) in [5, 5.41) is 0.934. The minimum atomic E-state index is -5.00. The largest absolute Gasteiger partial charge is 0.490 e. The van der Waals surface area contributed by atoms with Crippen molar-refractivity contribution in [2.24, 2.45) is 4.99 Å². The van der Waals surface area contributed by atoms with E-state index in [9.17, 15) is 22.8 Å². The van der Waals surface area contributed by atoms with Crippen molar-refractivity contribution >= 4 is 46.6 Å². The Kier molecular flexibility index (Phi) is 9.71. The lowest BCUT2D eigenvalue weighted by Crippen LogP contribution is -2.41. The Bertz CT molecular complexity index is 1940. The number of halogens is 5. The van der Waals surface area contributed by atoms with Crippen molar-refractivity contribution in [3.63, 3.8) is 0 Å². The first-order valence-electron chi connectivity index (χ1n) is 13.7. The van der Waals surface area contributed by atoms with Crippen LogP contribution in [-0.4, -0.2) is 29.9 Å². The zero-order valence-corrected chi connectivity index (χ0v) is 26.2. The van der Waals surface area contributed by atoms with Crippen LogP contribution >= 0.6 is 34.5 Å². The number of allylic oxidation sites excluding steroid dienone is 1. The van der Waals surface area contributed by atoms with Gasteiger partial charge in [-0.2, -0.15) is 13.2 Å². The highest BCUT2D eigenvalue weighted by Crippen LogP contribution is 2.38. The third kappa shape index (κ3) is 7.11. The lowest BCUT2D eigenvalue weighted by Gasteiger charge is -2.26. The molecule has 0 saturated carbocycles. The fraction of sp³-hybridized carbons (Fsp3) is 0.219. The molecule has 1 aromatic heterocycles. The summed E-state index contributed by atoms with van der Waals surface area (Å²) in [6, 6.07) is 16.6. The predicted molar refractivity (Wildman–Crippen MR) is 166 cm³/mol. The highest BCUT2D eigenvalue weighted by Gasteiger charge is 2.45. The molecule has 5 rings (SSSR count). The van der Waals surface area contributed by atoms with Crippen molar-refractivity contribution in [2.75, 3.05) is 13.2 Å². The van der Waals surface area contributed by atoms with Crippen molar-refractivity contribution in [3.05, 3.63) is 124 Å². The van der Waals surface area contributed by atoms with Crippen LogP contribution in [0, 0.1) is 0 Å². The second kappa shape index (κ2) is 13.5. The number of ether oxygens (including phenoxy) is 3. The standard InChI is InChI=1S/C32H25Cl2F3N2O5S/c1-3-42-24-15-19(7-14-23(24)44-17-18-5-10-21(33)11-6-18)16-25-29(40)39-27(20-8-12-22(34)13-9-20)26(30(41)43-4-2)28(32(35,36)37)38-31(39)45-25/h5-16,27H,3-4,17H2,1-2H3/b25-16-/t27-/m1/s1. The van der Waals surface area contributed by atoms with Crippen LogP contribution in [0.4, 0.5) is 13.2 Å². The maximum Gasteiger partial charge on any atom is 0.434 e. The molecular formula is C32H25Cl2F3N2O5S.